The quantitative estimate of drug-likeness (QED) is 0.106. The van der Waals surface area contributed by atoms with Gasteiger partial charge in [-0.05, 0) is 168 Å². The second kappa shape index (κ2) is 17.1. The first-order valence-electron chi connectivity index (χ1n) is 22.2. The van der Waals surface area contributed by atoms with E-state index in [-0.39, 0.29) is 0 Å². The van der Waals surface area contributed by atoms with Crippen molar-refractivity contribution in [2.24, 2.45) is 0 Å². The molecule has 2 nitrogen and oxygen atoms in total. The lowest BCUT2D eigenvalue weighted by Crippen LogP contribution is -2.10. The zero-order chi connectivity index (χ0) is 42.0. The first-order chi connectivity index (χ1) is 30.4. The lowest BCUT2D eigenvalue weighted by atomic mass is 9.93. The molecule has 0 heterocycles. The van der Waals surface area contributed by atoms with Crippen LogP contribution in [0.3, 0.4) is 0 Å². The standard InChI is InChI=1S/C60H52N2/c1-42-13-27-49(28-14-42)61(50-29-15-43(2)16-30-50)54-36-38-58-59(40-54)56-12-8-7-11-55(56)57-37-35-53(41-60(57)58)62(51-31-17-44(3)18-32-51)52-33-25-46(26-34-52)20-19-45-21-23-48(24-22-45)39-47-9-5-4-6-10-47/h7-8,11-41H,4-6,9-10H2,1-3H3. The number of rotatable bonds is 9. The van der Waals surface area contributed by atoms with Gasteiger partial charge in [0.25, 0.3) is 0 Å². The van der Waals surface area contributed by atoms with Crippen molar-refractivity contribution < 1.29 is 0 Å². The van der Waals surface area contributed by atoms with Gasteiger partial charge in [-0.2, -0.15) is 0 Å². The predicted molar refractivity (Wildman–Crippen MR) is 269 cm³/mol. The number of hydrogen-bond acceptors (Lipinski definition) is 2. The SMILES string of the molecule is Cc1ccc(N(c2ccc(C)cc2)c2ccc3c(c2)c2ccccc2c2ccc(N(c4ccc(C)cc4)c4ccc(C=Cc5ccc(C=C6CCCCC6)cc5)cc4)cc23)cc1. The molecule has 62 heavy (non-hydrogen) atoms. The Kier molecular flexibility index (Phi) is 10.7. The summed E-state index contributed by atoms with van der Waals surface area (Å²) in [5, 5.41) is 7.47. The van der Waals surface area contributed by atoms with E-state index in [1.807, 2.05) is 0 Å². The molecule has 0 N–H and O–H groups in total. The number of aryl methyl sites for hydroxylation is 3. The van der Waals surface area contributed by atoms with Gasteiger partial charge in [0.15, 0.2) is 0 Å². The Morgan fingerprint density at radius 1 is 0.323 bits per heavy atom. The van der Waals surface area contributed by atoms with Crippen molar-refractivity contribution >= 4 is 84.7 Å². The topological polar surface area (TPSA) is 6.48 Å². The molecule has 302 valence electrons. The average Bonchev–Trinajstić information content (AvgIpc) is 3.31. The summed E-state index contributed by atoms with van der Waals surface area (Å²) in [6.07, 6.45) is 13.4. The molecule has 0 radical (unpaired) electrons. The molecule has 0 unspecified atom stereocenters. The zero-order valence-corrected chi connectivity index (χ0v) is 36.0. The lowest BCUT2D eigenvalue weighted by Gasteiger charge is -2.27. The van der Waals surface area contributed by atoms with Gasteiger partial charge in [0, 0.05) is 34.1 Å². The number of hydrogen-bond donors (Lipinski definition) is 0. The Labute approximate surface area is 366 Å². The Bertz CT molecular complexity index is 3030. The Balaban J connectivity index is 1.04. The van der Waals surface area contributed by atoms with Crippen LogP contribution in [0.5, 0.6) is 0 Å². The fourth-order valence-corrected chi connectivity index (χ4v) is 9.20. The van der Waals surface area contributed by atoms with Gasteiger partial charge < -0.3 is 9.80 Å². The molecule has 1 aliphatic rings. The molecule has 1 saturated carbocycles. The number of allylic oxidation sites excluding steroid dienone is 1. The maximum absolute atomic E-state index is 2.40. The summed E-state index contributed by atoms with van der Waals surface area (Å²) >= 11 is 0. The van der Waals surface area contributed by atoms with Crippen molar-refractivity contribution in [3.63, 3.8) is 0 Å². The van der Waals surface area contributed by atoms with Crippen LogP contribution < -0.4 is 9.80 Å². The van der Waals surface area contributed by atoms with E-state index < -0.39 is 0 Å². The molecular weight excluding hydrogens is 749 g/mol. The summed E-state index contributed by atoms with van der Waals surface area (Å²) in [6.45, 7) is 6.44. The predicted octanol–water partition coefficient (Wildman–Crippen LogP) is 17.5. The third kappa shape index (κ3) is 8.05. The van der Waals surface area contributed by atoms with Crippen LogP contribution in [0.25, 0.3) is 50.5 Å². The summed E-state index contributed by atoms with van der Waals surface area (Å²) in [4.78, 5) is 4.76. The monoisotopic (exact) mass is 800 g/mol. The van der Waals surface area contributed by atoms with Gasteiger partial charge in [-0.3, -0.25) is 0 Å². The van der Waals surface area contributed by atoms with Crippen LogP contribution in [-0.2, 0) is 0 Å². The summed E-state index contributed by atoms with van der Waals surface area (Å²) in [7, 11) is 0. The van der Waals surface area contributed by atoms with Crippen molar-refractivity contribution in [1.82, 2.24) is 0 Å². The van der Waals surface area contributed by atoms with Crippen molar-refractivity contribution in [2.45, 2.75) is 52.9 Å². The molecule has 0 aromatic heterocycles. The van der Waals surface area contributed by atoms with E-state index in [0.29, 0.717) is 0 Å². The number of benzene rings is 9. The van der Waals surface area contributed by atoms with Crippen molar-refractivity contribution in [2.75, 3.05) is 9.80 Å². The van der Waals surface area contributed by atoms with Crippen LogP contribution >= 0.6 is 0 Å². The van der Waals surface area contributed by atoms with Crippen molar-refractivity contribution in [3.8, 4) is 0 Å². The van der Waals surface area contributed by atoms with E-state index in [1.54, 1.807) is 5.57 Å². The number of fused-ring (bicyclic) bond motifs is 6. The molecule has 1 aliphatic carbocycles. The molecule has 9 aromatic rings. The van der Waals surface area contributed by atoms with Crippen LogP contribution in [0, 0.1) is 20.8 Å². The van der Waals surface area contributed by atoms with Gasteiger partial charge in [0.2, 0.25) is 0 Å². The van der Waals surface area contributed by atoms with Crippen LogP contribution in [0.15, 0.2) is 188 Å². The van der Waals surface area contributed by atoms with E-state index in [1.165, 1.54) is 97.8 Å². The first kappa shape index (κ1) is 39.0. The van der Waals surface area contributed by atoms with Crippen LogP contribution in [0.2, 0.25) is 0 Å². The van der Waals surface area contributed by atoms with Gasteiger partial charge in [0.05, 0.1) is 0 Å². The van der Waals surface area contributed by atoms with Gasteiger partial charge in [-0.15, -0.1) is 0 Å². The number of nitrogens with zero attached hydrogens (tertiary/aromatic N) is 2. The van der Waals surface area contributed by atoms with Crippen molar-refractivity contribution in [3.05, 3.63) is 221 Å². The molecule has 0 amide bonds. The molecule has 0 spiro atoms. The van der Waals surface area contributed by atoms with Crippen molar-refractivity contribution in [1.29, 1.82) is 0 Å². The van der Waals surface area contributed by atoms with Crippen LogP contribution in [0.4, 0.5) is 34.1 Å². The molecule has 9 aromatic carbocycles. The normalized spacial score (nSPS) is 13.0. The minimum atomic E-state index is 1.12. The molecule has 0 saturated heterocycles. The Morgan fingerprint density at radius 3 is 1.11 bits per heavy atom. The fourth-order valence-electron chi connectivity index (χ4n) is 9.20. The molecule has 0 aliphatic heterocycles. The van der Waals surface area contributed by atoms with Gasteiger partial charge in [-0.25, -0.2) is 0 Å². The molecule has 1 fully saturated rings. The average molecular weight is 801 g/mol. The van der Waals surface area contributed by atoms with Gasteiger partial charge in [-0.1, -0.05) is 156 Å². The van der Waals surface area contributed by atoms with E-state index in [9.17, 15) is 0 Å². The summed E-state index contributed by atoms with van der Waals surface area (Å²) in [5.74, 6) is 0. The highest BCUT2D eigenvalue weighted by atomic mass is 15.1. The van der Waals surface area contributed by atoms with Gasteiger partial charge in [0.1, 0.15) is 0 Å². The molecular formula is C60H52N2. The fraction of sp³-hybridized carbons (Fsp3) is 0.133. The highest BCUT2D eigenvalue weighted by molar-refractivity contribution is 6.26. The maximum atomic E-state index is 2.40. The summed E-state index contributed by atoms with van der Waals surface area (Å²) in [5.41, 5.74) is 15.8. The smallest absolute Gasteiger partial charge is 0.0468 e. The Hall–Kier alpha value is -7.16. The minimum Gasteiger partial charge on any atom is -0.310 e. The maximum Gasteiger partial charge on any atom is 0.0468 e. The molecule has 10 rings (SSSR count). The van der Waals surface area contributed by atoms with Crippen LogP contribution in [-0.4, -0.2) is 0 Å². The molecule has 2 heteroatoms. The van der Waals surface area contributed by atoms with Gasteiger partial charge >= 0.3 is 0 Å². The number of anilines is 6. The van der Waals surface area contributed by atoms with E-state index >= 15 is 0 Å². The van der Waals surface area contributed by atoms with E-state index in [0.717, 1.165) is 34.1 Å². The van der Waals surface area contributed by atoms with E-state index in [2.05, 4.69) is 231 Å². The Morgan fingerprint density at radius 2 is 0.661 bits per heavy atom. The largest absolute Gasteiger partial charge is 0.310 e. The third-order valence-corrected chi connectivity index (χ3v) is 12.6. The second-order valence-corrected chi connectivity index (χ2v) is 17.1. The van der Waals surface area contributed by atoms with Crippen LogP contribution in [0.1, 0.15) is 65.5 Å². The highest BCUT2D eigenvalue weighted by Gasteiger charge is 2.18. The van der Waals surface area contributed by atoms with E-state index in [4.69, 9.17) is 0 Å². The minimum absolute atomic E-state index is 1.12. The summed E-state index contributed by atoms with van der Waals surface area (Å²) in [6, 6.07) is 67.4. The summed E-state index contributed by atoms with van der Waals surface area (Å²) < 4.78 is 0. The third-order valence-electron chi connectivity index (χ3n) is 12.6. The first-order valence-corrected chi connectivity index (χ1v) is 22.2. The second-order valence-electron chi connectivity index (χ2n) is 17.1. The lowest BCUT2D eigenvalue weighted by molar-refractivity contribution is 0.602. The molecule has 0 atom stereocenters. The highest BCUT2D eigenvalue weighted by Crippen LogP contribution is 2.43. The molecule has 0 bridgehead atoms. The zero-order valence-electron chi connectivity index (χ0n) is 36.0.